The summed E-state index contributed by atoms with van der Waals surface area (Å²) in [7, 11) is 1.94. The van der Waals surface area contributed by atoms with Gasteiger partial charge in [-0.1, -0.05) is 25.8 Å². The van der Waals surface area contributed by atoms with Gasteiger partial charge in [-0.15, -0.1) is 0 Å². The Morgan fingerprint density at radius 3 is 2.40 bits per heavy atom. The largest absolute Gasteiger partial charge is 0.329 e. The minimum Gasteiger partial charge on any atom is -0.329 e. The Bertz CT molecular complexity index is 430. The summed E-state index contributed by atoms with van der Waals surface area (Å²) in [6, 6.07) is 3.95. The van der Waals surface area contributed by atoms with Gasteiger partial charge in [0.2, 0.25) is 0 Å². The van der Waals surface area contributed by atoms with Crippen molar-refractivity contribution in [2.45, 2.75) is 44.7 Å². The van der Waals surface area contributed by atoms with Crippen molar-refractivity contribution < 1.29 is 8.78 Å². The maximum atomic E-state index is 14.0. The first-order valence-electron chi connectivity index (χ1n) is 7.42. The van der Waals surface area contributed by atoms with Gasteiger partial charge in [-0.05, 0) is 37.9 Å². The summed E-state index contributed by atoms with van der Waals surface area (Å²) in [5.41, 5.74) is 5.93. The Labute approximate surface area is 120 Å². The number of benzene rings is 1. The van der Waals surface area contributed by atoms with Crippen LogP contribution < -0.4 is 5.73 Å². The van der Waals surface area contributed by atoms with Gasteiger partial charge in [0.1, 0.15) is 11.6 Å². The van der Waals surface area contributed by atoms with Gasteiger partial charge in [-0.2, -0.15) is 0 Å². The number of hydrogen-bond acceptors (Lipinski definition) is 2. The summed E-state index contributed by atoms with van der Waals surface area (Å²) in [6.07, 6.45) is 4.67. The molecule has 1 aliphatic rings. The zero-order valence-corrected chi connectivity index (χ0v) is 12.3. The van der Waals surface area contributed by atoms with E-state index in [1.807, 2.05) is 7.05 Å². The van der Waals surface area contributed by atoms with Crippen molar-refractivity contribution in [2.24, 2.45) is 11.7 Å². The smallest absolute Gasteiger partial charge is 0.130 e. The first-order valence-corrected chi connectivity index (χ1v) is 7.42. The fourth-order valence-corrected chi connectivity index (χ4v) is 3.45. The van der Waals surface area contributed by atoms with Crippen molar-refractivity contribution in [1.82, 2.24) is 4.90 Å². The van der Waals surface area contributed by atoms with E-state index in [0.29, 0.717) is 12.0 Å². The highest BCUT2D eigenvalue weighted by molar-refractivity contribution is 5.24. The van der Waals surface area contributed by atoms with Crippen molar-refractivity contribution in [3.63, 3.8) is 0 Å². The van der Waals surface area contributed by atoms with Crippen LogP contribution in [-0.2, 0) is 0 Å². The molecule has 2 N–H and O–H groups in total. The van der Waals surface area contributed by atoms with E-state index in [2.05, 4.69) is 11.8 Å². The Hall–Kier alpha value is -1.00. The van der Waals surface area contributed by atoms with Crippen LogP contribution in [0.25, 0.3) is 0 Å². The number of hydrogen-bond donors (Lipinski definition) is 1. The van der Waals surface area contributed by atoms with E-state index in [9.17, 15) is 8.78 Å². The van der Waals surface area contributed by atoms with Crippen molar-refractivity contribution in [1.29, 1.82) is 0 Å². The van der Waals surface area contributed by atoms with Crippen LogP contribution in [0.1, 0.15) is 44.2 Å². The Balaban J connectivity index is 2.27. The van der Waals surface area contributed by atoms with Gasteiger partial charge < -0.3 is 5.73 Å². The molecule has 0 amide bonds. The Morgan fingerprint density at radius 1 is 1.25 bits per heavy atom. The molecular weight excluding hydrogens is 258 g/mol. The summed E-state index contributed by atoms with van der Waals surface area (Å²) >= 11 is 0. The molecule has 0 heterocycles. The topological polar surface area (TPSA) is 29.3 Å². The monoisotopic (exact) mass is 282 g/mol. The van der Waals surface area contributed by atoms with Crippen molar-refractivity contribution in [3.8, 4) is 0 Å². The summed E-state index contributed by atoms with van der Waals surface area (Å²) in [6.45, 7) is 2.43. The molecule has 0 bridgehead atoms. The number of rotatable bonds is 4. The normalized spacial score (nSPS) is 24.9. The lowest BCUT2D eigenvalue weighted by molar-refractivity contribution is 0.0958. The van der Waals surface area contributed by atoms with Crippen LogP contribution in [0.15, 0.2) is 18.2 Å². The molecule has 1 fully saturated rings. The maximum absolute atomic E-state index is 14.0. The zero-order valence-electron chi connectivity index (χ0n) is 12.3. The second-order valence-electron chi connectivity index (χ2n) is 5.88. The van der Waals surface area contributed by atoms with E-state index >= 15 is 0 Å². The van der Waals surface area contributed by atoms with Crippen LogP contribution >= 0.6 is 0 Å². The Kier molecular flexibility index (Phi) is 5.11. The molecule has 0 spiro atoms. The number of nitrogens with two attached hydrogens (primary N) is 1. The molecule has 112 valence electrons. The maximum Gasteiger partial charge on any atom is 0.130 e. The van der Waals surface area contributed by atoms with E-state index in [-0.39, 0.29) is 12.1 Å². The van der Waals surface area contributed by atoms with Gasteiger partial charge in [0.25, 0.3) is 0 Å². The van der Waals surface area contributed by atoms with Crippen LogP contribution in [0, 0.1) is 17.6 Å². The van der Waals surface area contributed by atoms with Crippen LogP contribution in [0.4, 0.5) is 8.78 Å². The van der Waals surface area contributed by atoms with Crippen molar-refractivity contribution in [3.05, 3.63) is 35.4 Å². The fraction of sp³-hybridized carbons (Fsp3) is 0.625. The van der Waals surface area contributed by atoms with E-state index < -0.39 is 17.7 Å². The number of nitrogens with zero attached hydrogens (tertiary/aromatic N) is 1. The molecule has 3 atom stereocenters. The molecule has 1 aromatic rings. The van der Waals surface area contributed by atoms with Crippen LogP contribution in [0.5, 0.6) is 0 Å². The minimum absolute atomic E-state index is 0.107. The van der Waals surface area contributed by atoms with Gasteiger partial charge in [-0.25, -0.2) is 8.78 Å². The lowest BCUT2D eigenvalue weighted by atomic mass is 9.84. The van der Waals surface area contributed by atoms with Crippen molar-refractivity contribution in [2.75, 3.05) is 13.6 Å². The van der Waals surface area contributed by atoms with E-state index in [4.69, 9.17) is 5.73 Å². The first kappa shape index (κ1) is 15.4. The van der Waals surface area contributed by atoms with Crippen molar-refractivity contribution >= 4 is 0 Å². The van der Waals surface area contributed by atoms with E-state index in [1.165, 1.54) is 37.5 Å². The third-order valence-corrected chi connectivity index (χ3v) is 4.64. The number of likely N-dealkylation sites (N-methyl/N-ethyl adjacent to an activating group) is 1. The standard InChI is InChI=1S/C16H24F2N2/c1-11-6-3-4-9-14(11)20(2)15(10-19)16-12(17)7-5-8-13(16)18/h5,7-8,11,14-15H,3-4,6,9-10,19H2,1-2H3. The SMILES string of the molecule is CC1CCCCC1N(C)C(CN)c1c(F)cccc1F. The highest BCUT2D eigenvalue weighted by atomic mass is 19.1. The second-order valence-corrected chi connectivity index (χ2v) is 5.88. The molecule has 0 saturated heterocycles. The molecular formula is C16H24F2N2. The van der Waals surface area contributed by atoms with E-state index in [0.717, 1.165) is 6.42 Å². The third kappa shape index (κ3) is 3.01. The minimum atomic E-state index is -0.504. The first-order chi connectivity index (χ1) is 9.56. The molecule has 4 heteroatoms. The summed E-state index contributed by atoms with van der Waals surface area (Å²) < 4.78 is 28.0. The number of halogens is 2. The summed E-state index contributed by atoms with van der Waals surface area (Å²) in [5.74, 6) is -0.468. The molecule has 3 unspecified atom stereocenters. The lowest BCUT2D eigenvalue weighted by Gasteiger charge is -2.40. The molecule has 0 radical (unpaired) electrons. The van der Waals surface area contributed by atoms with Gasteiger partial charge in [-0.3, -0.25) is 4.90 Å². The van der Waals surface area contributed by atoms with Gasteiger partial charge >= 0.3 is 0 Å². The molecule has 0 aromatic heterocycles. The fourth-order valence-electron chi connectivity index (χ4n) is 3.45. The van der Waals surface area contributed by atoms with E-state index in [1.54, 1.807) is 0 Å². The molecule has 1 aromatic carbocycles. The van der Waals surface area contributed by atoms with Crippen LogP contribution in [-0.4, -0.2) is 24.5 Å². The predicted octanol–water partition coefficient (Wildman–Crippen LogP) is 3.48. The second kappa shape index (κ2) is 6.64. The quantitative estimate of drug-likeness (QED) is 0.916. The summed E-state index contributed by atoms with van der Waals surface area (Å²) in [4.78, 5) is 2.07. The highest BCUT2D eigenvalue weighted by Crippen LogP contribution is 2.33. The molecule has 0 aliphatic heterocycles. The van der Waals surface area contributed by atoms with Gasteiger partial charge in [0.05, 0.1) is 6.04 Å². The van der Waals surface area contributed by atoms with Crippen LogP contribution in [0.3, 0.4) is 0 Å². The average molecular weight is 282 g/mol. The molecule has 1 saturated carbocycles. The average Bonchev–Trinajstić information content (AvgIpc) is 2.43. The lowest BCUT2D eigenvalue weighted by Crippen LogP contribution is -2.44. The zero-order chi connectivity index (χ0) is 14.7. The van der Waals surface area contributed by atoms with Gasteiger partial charge in [0.15, 0.2) is 0 Å². The molecule has 20 heavy (non-hydrogen) atoms. The molecule has 2 rings (SSSR count). The molecule has 1 aliphatic carbocycles. The highest BCUT2D eigenvalue weighted by Gasteiger charge is 2.31. The summed E-state index contributed by atoms with van der Waals surface area (Å²) in [5, 5.41) is 0. The predicted molar refractivity (Wildman–Crippen MR) is 77.3 cm³/mol. The third-order valence-electron chi connectivity index (χ3n) is 4.64. The van der Waals surface area contributed by atoms with Crippen LogP contribution in [0.2, 0.25) is 0 Å². The Morgan fingerprint density at radius 2 is 1.85 bits per heavy atom. The molecule has 2 nitrogen and oxygen atoms in total. The van der Waals surface area contributed by atoms with Gasteiger partial charge in [0, 0.05) is 18.2 Å².